The highest BCUT2D eigenvalue weighted by molar-refractivity contribution is 4.90. The highest BCUT2D eigenvalue weighted by Gasteiger charge is 2.32. The van der Waals surface area contributed by atoms with Crippen LogP contribution in [0.15, 0.2) is 0 Å². The van der Waals surface area contributed by atoms with Crippen molar-refractivity contribution in [2.45, 2.75) is 31.4 Å². The molecule has 1 unspecified atom stereocenters. The SMILES string of the molecule is C1COC(CCN2CC(N3CCNCC3)C2)C1. The van der Waals surface area contributed by atoms with Gasteiger partial charge < -0.3 is 15.0 Å². The second kappa shape index (κ2) is 5.65. The van der Waals surface area contributed by atoms with Gasteiger partial charge in [-0.3, -0.25) is 4.90 Å². The Morgan fingerprint density at radius 3 is 2.71 bits per heavy atom. The fourth-order valence-corrected chi connectivity index (χ4v) is 3.20. The molecule has 3 rings (SSSR count). The van der Waals surface area contributed by atoms with E-state index in [0.29, 0.717) is 6.10 Å². The smallest absolute Gasteiger partial charge is 0.0588 e. The molecular formula is C13H25N3O. The van der Waals surface area contributed by atoms with Gasteiger partial charge in [-0.25, -0.2) is 0 Å². The van der Waals surface area contributed by atoms with Crippen LogP contribution in [0.5, 0.6) is 0 Å². The third kappa shape index (κ3) is 2.99. The normalized spacial score (nSPS) is 32.8. The third-order valence-corrected chi connectivity index (χ3v) is 4.40. The van der Waals surface area contributed by atoms with E-state index >= 15 is 0 Å². The minimum Gasteiger partial charge on any atom is -0.378 e. The van der Waals surface area contributed by atoms with Gasteiger partial charge in [0.2, 0.25) is 0 Å². The first-order chi connectivity index (χ1) is 8.42. The summed E-state index contributed by atoms with van der Waals surface area (Å²) in [7, 11) is 0. The monoisotopic (exact) mass is 239 g/mol. The van der Waals surface area contributed by atoms with Crippen molar-refractivity contribution in [2.24, 2.45) is 0 Å². The number of nitrogens with one attached hydrogen (secondary N) is 1. The summed E-state index contributed by atoms with van der Waals surface area (Å²) in [5.41, 5.74) is 0. The maximum absolute atomic E-state index is 5.67. The second-order valence-corrected chi connectivity index (χ2v) is 5.62. The van der Waals surface area contributed by atoms with Crippen LogP contribution < -0.4 is 5.32 Å². The topological polar surface area (TPSA) is 27.7 Å². The molecule has 4 heteroatoms. The van der Waals surface area contributed by atoms with E-state index in [2.05, 4.69) is 15.1 Å². The van der Waals surface area contributed by atoms with E-state index in [9.17, 15) is 0 Å². The summed E-state index contributed by atoms with van der Waals surface area (Å²) in [6, 6.07) is 0.835. The average molecular weight is 239 g/mol. The molecule has 3 saturated heterocycles. The third-order valence-electron chi connectivity index (χ3n) is 4.40. The van der Waals surface area contributed by atoms with Crippen molar-refractivity contribution in [1.82, 2.24) is 15.1 Å². The van der Waals surface area contributed by atoms with Crippen LogP contribution in [-0.2, 0) is 4.74 Å². The fourth-order valence-electron chi connectivity index (χ4n) is 3.20. The lowest BCUT2D eigenvalue weighted by molar-refractivity contribution is 0.0145. The quantitative estimate of drug-likeness (QED) is 0.755. The first-order valence-corrected chi connectivity index (χ1v) is 7.20. The molecule has 0 saturated carbocycles. The van der Waals surface area contributed by atoms with Crippen LogP contribution in [0.25, 0.3) is 0 Å². The van der Waals surface area contributed by atoms with Crippen molar-refractivity contribution in [3.05, 3.63) is 0 Å². The molecule has 3 aliphatic heterocycles. The molecule has 3 aliphatic rings. The lowest BCUT2D eigenvalue weighted by atomic mass is 10.0. The lowest BCUT2D eigenvalue weighted by Gasteiger charge is -2.47. The molecule has 3 heterocycles. The predicted molar refractivity (Wildman–Crippen MR) is 68.3 cm³/mol. The Labute approximate surface area is 104 Å². The first kappa shape index (κ1) is 11.9. The Balaban J connectivity index is 1.31. The number of hydrogen-bond donors (Lipinski definition) is 1. The van der Waals surface area contributed by atoms with Crippen LogP contribution in [0, 0.1) is 0 Å². The maximum atomic E-state index is 5.67. The van der Waals surface area contributed by atoms with Crippen molar-refractivity contribution in [1.29, 1.82) is 0 Å². The van der Waals surface area contributed by atoms with Crippen LogP contribution in [0.3, 0.4) is 0 Å². The molecule has 0 amide bonds. The van der Waals surface area contributed by atoms with Crippen molar-refractivity contribution < 1.29 is 4.74 Å². The Bertz CT molecular complexity index is 231. The van der Waals surface area contributed by atoms with Gasteiger partial charge in [0, 0.05) is 58.5 Å². The Morgan fingerprint density at radius 2 is 2.00 bits per heavy atom. The van der Waals surface area contributed by atoms with Crippen molar-refractivity contribution >= 4 is 0 Å². The van der Waals surface area contributed by atoms with Gasteiger partial charge in [-0.15, -0.1) is 0 Å². The lowest BCUT2D eigenvalue weighted by Crippen LogP contribution is -2.62. The van der Waals surface area contributed by atoms with Crippen LogP contribution in [-0.4, -0.2) is 74.4 Å². The van der Waals surface area contributed by atoms with E-state index in [1.165, 1.54) is 65.1 Å². The minimum absolute atomic E-state index is 0.563. The average Bonchev–Trinajstić information content (AvgIpc) is 2.81. The molecule has 0 aliphatic carbocycles. The summed E-state index contributed by atoms with van der Waals surface area (Å²) in [6.07, 6.45) is 4.37. The summed E-state index contributed by atoms with van der Waals surface area (Å²) >= 11 is 0. The van der Waals surface area contributed by atoms with E-state index in [1.807, 2.05) is 0 Å². The van der Waals surface area contributed by atoms with Gasteiger partial charge >= 0.3 is 0 Å². The molecular weight excluding hydrogens is 214 g/mol. The molecule has 0 aromatic carbocycles. The predicted octanol–water partition coefficient (Wildman–Crippen LogP) is 0.145. The van der Waals surface area contributed by atoms with Crippen LogP contribution in [0.1, 0.15) is 19.3 Å². The summed E-state index contributed by atoms with van der Waals surface area (Å²) < 4.78 is 5.67. The van der Waals surface area contributed by atoms with E-state index in [1.54, 1.807) is 0 Å². The van der Waals surface area contributed by atoms with Gasteiger partial charge in [-0.1, -0.05) is 0 Å². The number of rotatable bonds is 4. The Morgan fingerprint density at radius 1 is 1.18 bits per heavy atom. The highest BCUT2D eigenvalue weighted by Crippen LogP contribution is 2.19. The molecule has 1 atom stereocenters. The number of ether oxygens (including phenoxy) is 1. The molecule has 3 fully saturated rings. The first-order valence-electron chi connectivity index (χ1n) is 7.20. The maximum Gasteiger partial charge on any atom is 0.0588 e. The standard InChI is InChI=1S/C13H25N3O/c1-2-13(17-9-1)3-6-15-10-12(11-15)16-7-4-14-5-8-16/h12-14H,1-11H2. The van der Waals surface area contributed by atoms with Gasteiger partial charge in [-0.05, 0) is 19.3 Å². The van der Waals surface area contributed by atoms with Gasteiger partial charge in [0.1, 0.15) is 0 Å². The summed E-state index contributed by atoms with van der Waals surface area (Å²) in [6.45, 7) is 9.63. The zero-order chi connectivity index (χ0) is 11.5. The fraction of sp³-hybridized carbons (Fsp3) is 1.00. The van der Waals surface area contributed by atoms with Gasteiger partial charge in [0.25, 0.3) is 0 Å². The zero-order valence-corrected chi connectivity index (χ0v) is 10.7. The van der Waals surface area contributed by atoms with Gasteiger partial charge in [-0.2, -0.15) is 0 Å². The number of piperazine rings is 1. The molecule has 4 nitrogen and oxygen atoms in total. The summed E-state index contributed by atoms with van der Waals surface area (Å²) in [5.74, 6) is 0. The molecule has 0 aromatic heterocycles. The van der Waals surface area contributed by atoms with E-state index in [4.69, 9.17) is 4.74 Å². The molecule has 0 spiro atoms. The van der Waals surface area contributed by atoms with Crippen LogP contribution in [0.4, 0.5) is 0 Å². The Kier molecular flexibility index (Phi) is 3.96. The van der Waals surface area contributed by atoms with E-state index in [0.717, 1.165) is 12.6 Å². The number of likely N-dealkylation sites (tertiary alicyclic amines) is 1. The summed E-state index contributed by atoms with van der Waals surface area (Å²) in [4.78, 5) is 5.24. The van der Waals surface area contributed by atoms with Gasteiger partial charge in [0.05, 0.1) is 6.10 Å². The van der Waals surface area contributed by atoms with E-state index < -0.39 is 0 Å². The second-order valence-electron chi connectivity index (χ2n) is 5.62. The van der Waals surface area contributed by atoms with Crippen LogP contribution in [0.2, 0.25) is 0 Å². The molecule has 0 radical (unpaired) electrons. The molecule has 0 bridgehead atoms. The van der Waals surface area contributed by atoms with Gasteiger partial charge in [0.15, 0.2) is 0 Å². The summed E-state index contributed by atoms with van der Waals surface area (Å²) in [5, 5.41) is 3.42. The van der Waals surface area contributed by atoms with Crippen LogP contribution >= 0.6 is 0 Å². The number of hydrogen-bond acceptors (Lipinski definition) is 4. The Hall–Kier alpha value is -0.160. The molecule has 0 aromatic rings. The number of nitrogens with zero attached hydrogens (tertiary/aromatic N) is 2. The van der Waals surface area contributed by atoms with E-state index in [-0.39, 0.29) is 0 Å². The van der Waals surface area contributed by atoms with Crippen molar-refractivity contribution in [3.8, 4) is 0 Å². The largest absolute Gasteiger partial charge is 0.378 e. The molecule has 17 heavy (non-hydrogen) atoms. The molecule has 98 valence electrons. The highest BCUT2D eigenvalue weighted by atomic mass is 16.5. The van der Waals surface area contributed by atoms with Crippen molar-refractivity contribution in [2.75, 3.05) is 52.4 Å². The zero-order valence-electron chi connectivity index (χ0n) is 10.7. The van der Waals surface area contributed by atoms with Crippen molar-refractivity contribution in [3.63, 3.8) is 0 Å². The molecule has 1 N–H and O–H groups in total. The minimum atomic E-state index is 0.563.